The van der Waals surface area contributed by atoms with Gasteiger partial charge in [0.2, 0.25) is 11.8 Å². The van der Waals surface area contributed by atoms with Gasteiger partial charge >= 0.3 is 0 Å². The zero-order chi connectivity index (χ0) is 37.9. The van der Waals surface area contributed by atoms with Gasteiger partial charge in [-0.25, -0.2) is 4.98 Å². The van der Waals surface area contributed by atoms with E-state index in [-0.39, 0.29) is 24.1 Å². The third kappa shape index (κ3) is 7.89. The number of hydrogen-bond donors (Lipinski definition) is 3. The molecule has 4 amide bonds. The van der Waals surface area contributed by atoms with Crippen molar-refractivity contribution in [3.05, 3.63) is 88.4 Å². The van der Waals surface area contributed by atoms with Crippen LogP contribution in [0.2, 0.25) is 0 Å². The number of nitrogens with one attached hydrogen (secondary N) is 3. The highest BCUT2D eigenvalue weighted by Gasteiger charge is 2.39. The van der Waals surface area contributed by atoms with Crippen molar-refractivity contribution in [2.75, 3.05) is 18.4 Å². The molecule has 0 saturated carbocycles. The lowest BCUT2D eigenvalue weighted by Gasteiger charge is -2.29. The molecule has 3 N–H and O–H groups in total. The fourth-order valence-corrected chi connectivity index (χ4v) is 8.13. The molecule has 8 rings (SSSR count). The summed E-state index contributed by atoms with van der Waals surface area (Å²) in [7, 11) is 0. The summed E-state index contributed by atoms with van der Waals surface area (Å²) in [5.74, 6) is 5.98. The van der Waals surface area contributed by atoms with E-state index in [4.69, 9.17) is 5.10 Å². The number of likely N-dealkylation sites (tertiary alicyclic amines) is 1. The lowest BCUT2D eigenvalue weighted by molar-refractivity contribution is -0.136. The summed E-state index contributed by atoms with van der Waals surface area (Å²) in [5.41, 5.74) is 6.85. The van der Waals surface area contributed by atoms with Gasteiger partial charge in [-0.1, -0.05) is 43.2 Å². The minimum absolute atomic E-state index is 0.183. The maximum Gasteiger partial charge on any atom is 0.256 e. The summed E-state index contributed by atoms with van der Waals surface area (Å²) in [6.07, 6.45) is 10.8. The largest absolute Gasteiger partial charge is 0.357 e. The first-order chi connectivity index (χ1) is 26.8. The van der Waals surface area contributed by atoms with Gasteiger partial charge < -0.3 is 15.2 Å². The molecule has 0 bridgehead atoms. The van der Waals surface area contributed by atoms with Gasteiger partial charge in [0.05, 0.1) is 16.7 Å². The van der Waals surface area contributed by atoms with Crippen LogP contribution >= 0.6 is 0 Å². The van der Waals surface area contributed by atoms with Crippen LogP contribution in [0.4, 0.5) is 5.82 Å². The van der Waals surface area contributed by atoms with E-state index in [2.05, 4.69) is 43.4 Å². The van der Waals surface area contributed by atoms with E-state index >= 15 is 0 Å². The summed E-state index contributed by atoms with van der Waals surface area (Å²) < 4.78 is 2.02. The van der Waals surface area contributed by atoms with Crippen LogP contribution in [0.25, 0.3) is 21.8 Å². The van der Waals surface area contributed by atoms with Crippen molar-refractivity contribution in [2.45, 2.75) is 96.8 Å². The number of carbonyl (C=O) groups excluding carboxylic acids is 4. The van der Waals surface area contributed by atoms with Crippen LogP contribution in [-0.4, -0.2) is 72.3 Å². The van der Waals surface area contributed by atoms with Crippen LogP contribution in [-0.2, 0) is 29.2 Å². The van der Waals surface area contributed by atoms with Crippen LogP contribution in [0.15, 0.2) is 54.7 Å². The standard InChI is InChI=1S/C43H46N8O4/c1-28-33-16-15-30(41(53)46-39-24-36-31(25-44-39)22-32(45-36)26-49-19-9-10-20-49)23-38(33)51(48-28)21-8-6-4-2-3-5-7-12-29-13-11-14-34-35(29)27-50(43(34)55)37-17-18-40(52)47-42(37)54/h11,13-16,22-25,37,45H,2-6,8-10,17-21,26-27H2,1H3,(H,44,46,53)(H,47,52,54). The van der Waals surface area contributed by atoms with Crippen molar-refractivity contribution in [3.63, 3.8) is 0 Å². The molecular weight excluding hydrogens is 693 g/mol. The van der Waals surface area contributed by atoms with Gasteiger partial charge in [0.1, 0.15) is 11.9 Å². The van der Waals surface area contributed by atoms with Crippen LogP contribution in [0.5, 0.6) is 0 Å². The first kappa shape index (κ1) is 36.2. The van der Waals surface area contributed by atoms with Crippen LogP contribution in [0.3, 0.4) is 0 Å². The summed E-state index contributed by atoms with van der Waals surface area (Å²) in [4.78, 5) is 62.5. The Hall–Kier alpha value is -5.80. The molecule has 1 atom stereocenters. The summed E-state index contributed by atoms with van der Waals surface area (Å²) in [6, 6.07) is 14.7. The number of H-pyrrole nitrogens is 1. The van der Waals surface area contributed by atoms with Crippen molar-refractivity contribution >= 4 is 51.3 Å². The van der Waals surface area contributed by atoms with Crippen LogP contribution in [0.1, 0.15) is 107 Å². The third-order valence-corrected chi connectivity index (χ3v) is 11.1. The number of piperidine rings is 1. The van der Waals surface area contributed by atoms with Gasteiger partial charge in [0.15, 0.2) is 0 Å². The average molecular weight is 739 g/mol. The molecule has 1 unspecified atom stereocenters. The number of aromatic amines is 1. The highest BCUT2D eigenvalue weighted by atomic mass is 16.2. The fourth-order valence-electron chi connectivity index (χ4n) is 8.13. The number of imide groups is 1. The smallest absolute Gasteiger partial charge is 0.256 e. The predicted molar refractivity (Wildman–Crippen MR) is 210 cm³/mol. The number of carbonyl (C=O) groups is 4. The van der Waals surface area contributed by atoms with Gasteiger partial charge in [-0.3, -0.25) is 34.1 Å². The molecule has 3 aromatic heterocycles. The average Bonchev–Trinajstić information content (AvgIpc) is 3.97. The normalized spacial score (nSPS) is 17.1. The van der Waals surface area contributed by atoms with Gasteiger partial charge in [-0.15, -0.1) is 0 Å². The predicted octanol–water partition coefficient (Wildman–Crippen LogP) is 6.22. The number of aromatic nitrogens is 4. The summed E-state index contributed by atoms with van der Waals surface area (Å²) >= 11 is 0. The van der Waals surface area contributed by atoms with Gasteiger partial charge in [-0.05, 0) is 88.0 Å². The first-order valence-electron chi connectivity index (χ1n) is 19.5. The number of pyridine rings is 1. The minimum atomic E-state index is -0.633. The number of benzene rings is 2. The molecule has 2 aromatic carbocycles. The number of hydrogen-bond acceptors (Lipinski definition) is 7. The Balaban J connectivity index is 0.801. The van der Waals surface area contributed by atoms with Gasteiger partial charge in [0.25, 0.3) is 11.8 Å². The molecule has 3 aliphatic rings. The second-order valence-corrected chi connectivity index (χ2v) is 15.0. The van der Waals surface area contributed by atoms with E-state index in [0.717, 1.165) is 109 Å². The molecule has 55 heavy (non-hydrogen) atoms. The van der Waals surface area contributed by atoms with E-state index in [9.17, 15) is 19.2 Å². The molecule has 5 aromatic rings. The molecule has 0 radical (unpaired) electrons. The number of unbranched alkanes of at least 4 members (excludes halogenated alkanes) is 5. The molecule has 282 valence electrons. The number of nitrogens with zero attached hydrogens (tertiary/aromatic N) is 5. The number of fused-ring (bicyclic) bond motifs is 3. The van der Waals surface area contributed by atoms with Crippen molar-refractivity contribution in [3.8, 4) is 11.8 Å². The maximum atomic E-state index is 13.3. The van der Waals surface area contributed by atoms with E-state index in [0.29, 0.717) is 29.9 Å². The van der Waals surface area contributed by atoms with Crippen molar-refractivity contribution in [1.82, 2.24) is 34.9 Å². The van der Waals surface area contributed by atoms with Crippen LogP contribution < -0.4 is 10.6 Å². The maximum absolute atomic E-state index is 13.3. The second-order valence-electron chi connectivity index (χ2n) is 15.0. The molecule has 2 fully saturated rings. The van der Waals surface area contributed by atoms with E-state index in [1.165, 1.54) is 12.8 Å². The van der Waals surface area contributed by atoms with Gasteiger partial charge in [0, 0.05) is 77.9 Å². The zero-order valence-electron chi connectivity index (χ0n) is 31.2. The van der Waals surface area contributed by atoms with Crippen LogP contribution in [0, 0.1) is 18.8 Å². The number of aryl methyl sites for hydroxylation is 2. The highest BCUT2D eigenvalue weighted by molar-refractivity contribution is 6.07. The van der Waals surface area contributed by atoms with E-state index in [1.807, 2.05) is 54.2 Å². The quantitative estimate of drug-likeness (QED) is 0.0783. The molecular formula is C43H46N8O4. The van der Waals surface area contributed by atoms with Crippen molar-refractivity contribution in [1.29, 1.82) is 0 Å². The Morgan fingerprint density at radius 1 is 1.00 bits per heavy atom. The van der Waals surface area contributed by atoms with Crippen molar-refractivity contribution in [2.24, 2.45) is 0 Å². The lowest BCUT2D eigenvalue weighted by Crippen LogP contribution is -2.52. The number of amides is 4. The van der Waals surface area contributed by atoms with E-state index < -0.39 is 11.9 Å². The molecule has 0 spiro atoms. The third-order valence-electron chi connectivity index (χ3n) is 11.1. The molecule has 12 nitrogen and oxygen atoms in total. The Labute approximate surface area is 320 Å². The minimum Gasteiger partial charge on any atom is -0.357 e. The SMILES string of the molecule is Cc1nn(CCCCCCCC#Cc2cccc3c2CN(C2CCC(=O)NC2=O)C3=O)c2cc(C(=O)Nc3cc4[nH]c(CN5CCCC5)cc4cn3)ccc12. The molecule has 0 aliphatic carbocycles. The fraction of sp³-hybridized carbons (Fsp3) is 0.395. The molecule has 2 saturated heterocycles. The number of rotatable bonds is 12. The Morgan fingerprint density at radius 2 is 1.84 bits per heavy atom. The Morgan fingerprint density at radius 3 is 2.69 bits per heavy atom. The topological polar surface area (TPSA) is 145 Å². The summed E-state index contributed by atoms with van der Waals surface area (Å²) in [6.45, 7) is 6.28. The Bertz CT molecular complexity index is 2360. The molecule has 6 heterocycles. The Kier molecular flexibility index (Phi) is 10.5. The molecule has 12 heteroatoms. The molecule has 3 aliphatic heterocycles. The van der Waals surface area contributed by atoms with Crippen molar-refractivity contribution < 1.29 is 19.2 Å². The highest BCUT2D eigenvalue weighted by Crippen LogP contribution is 2.30. The number of anilines is 1. The lowest BCUT2D eigenvalue weighted by atomic mass is 10.0. The van der Waals surface area contributed by atoms with Gasteiger partial charge in [-0.2, -0.15) is 5.10 Å². The second kappa shape index (κ2) is 15.9. The van der Waals surface area contributed by atoms with E-state index in [1.54, 1.807) is 11.0 Å². The first-order valence-corrected chi connectivity index (χ1v) is 19.5. The summed E-state index contributed by atoms with van der Waals surface area (Å²) in [5, 5.41) is 12.2. The monoisotopic (exact) mass is 738 g/mol. The zero-order valence-corrected chi connectivity index (χ0v) is 31.2.